The Hall–Kier alpha value is -1.81. The summed E-state index contributed by atoms with van der Waals surface area (Å²) < 4.78 is 57.6. The van der Waals surface area contributed by atoms with Gasteiger partial charge < -0.3 is 0 Å². The summed E-state index contributed by atoms with van der Waals surface area (Å²) >= 11 is 0. The van der Waals surface area contributed by atoms with Crippen LogP contribution in [0, 0.1) is 0 Å². The highest BCUT2D eigenvalue weighted by Crippen LogP contribution is 2.10. The van der Waals surface area contributed by atoms with Gasteiger partial charge in [-0.1, -0.05) is 31.4 Å². The SMILES string of the molecule is C=C(C)C(=O)S(=O)(=O)O.C=Cc1ccc(S(=O)(=O)O)cc1. The largest absolute Gasteiger partial charge is 0.333 e. The number of benzene rings is 1. The molecule has 0 atom stereocenters. The fraction of sp³-hybridized carbons (Fsp3) is 0.0833. The van der Waals surface area contributed by atoms with E-state index in [1.807, 2.05) is 0 Å². The van der Waals surface area contributed by atoms with Gasteiger partial charge in [0, 0.05) is 5.57 Å². The molecule has 0 heterocycles. The van der Waals surface area contributed by atoms with Crippen molar-refractivity contribution in [2.24, 2.45) is 0 Å². The Morgan fingerprint density at radius 1 is 1.10 bits per heavy atom. The number of hydrogen-bond donors (Lipinski definition) is 2. The Kier molecular flexibility index (Phi) is 6.64. The van der Waals surface area contributed by atoms with Crippen LogP contribution < -0.4 is 0 Å². The van der Waals surface area contributed by atoms with Gasteiger partial charge in [0.1, 0.15) is 0 Å². The minimum Gasteiger partial charge on any atom is -0.282 e. The topological polar surface area (TPSA) is 126 Å². The van der Waals surface area contributed by atoms with E-state index in [0.717, 1.165) is 5.56 Å². The van der Waals surface area contributed by atoms with Crippen molar-refractivity contribution in [1.82, 2.24) is 0 Å². The molecule has 1 rings (SSSR count). The molecule has 9 heteroatoms. The second-order valence-electron chi connectivity index (χ2n) is 3.79. The van der Waals surface area contributed by atoms with Gasteiger partial charge in [-0.15, -0.1) is 0 Å². The predicted octanol–water partition coefficient (Wildman–Crippen LogP) is 1.55. The third-order valence-corrected chi connectivity index (χ3v) is 3.68. The first-order chi connectivity index (χ1) is 9.39. The van der Waals surface area contributed by atoms with E-state index in [1.54, 1.807) is 18.2 Å². The zero-order chi connectivity index (χ0) is 16.8. The average molecular weight is 334 g/mol. The summed E-state index contributed by atoms with van der Waals surface area (Å²) in [5.74, 6) is 0. The molecule has 0 spiro atoms. The third-order valence-electron chi connectivity index (χ3n) is 2.00. The number of carbonyl (C=O) groups is 1. The van der Waals surface area contributed by atoms with Gasteiger partial charge >= 0.3 is 10.1 Å². The molecule has 2 N–H and O–H groups in total. The molecule has 0 aliphatic heterocycles. The predicted molar refractivity (Wildman–Crippen MR) is 77.7 cm³/mol. The lowest BCUT2D eigenvalue weighted by Gasteiger charge is -1.96. The van der Waals surface area contributed by atoms with E-state index in [0.29, 0.717) is 0 Å². The highest BCUT2D eigenvalue weighted by Gasteiger charge is 2.17. The highest BCUT2D eigenvalue weighted by molar-refractivity contribution is 8.01. The maximum atomic E-state index is 10.6. The number of rotatable bonds is 3. The van der Waals surface area contributed by atoms with E-state index in [2.05, 4.69) is 13.2 Å². The summed E-state index contributed by atoms with van der Waals surface area (Å²) in [5, 5.41) is -1.33. The van der Waals surface area contributed by atoms with Crippen molar-refractivity contribution in [1.29, 1.82) is 0 Å². The van der Waals surface area contributed by atoms with E-state index in [-0.39, 0.29) is 10.5 Å². The maximum absolute atomic E-state index is 10.6. The molecule has 0 unspecified atom stereocenters. The van der Waals surface area contributed by atoms with E-state index >= 15 is 0 Å². The van der Waals surface area contributed by atoms with E-state index in [1.165, 1.54) is 19.1 Å². The van der Waals surface area contributed by atoms with Crippen LogP contribution in [0.25, 0.3) is 6.08 Å². The van der Waals surface area contributed by atoms with Gasteiger partial charge in [0.25, 0.3) is 15.2 Å². The number of hydrogen-bond acceptors (Lipinski definition) is 5. The minimum absolute atomic E-state index is 0.104. The second kappa shape index (κ2) is 7.27. The highest BCUT2D eigenvalue weighted by atomic mass is 32.2. The first-order valence-electron chi connectivity index (χ1n) is 5.27. The Bertz CT molecular complexity index is 741. The lowest BCUT2D eigenvalue weighted by molar-refractivity contribution is -0.109. The van der Waals surface area contributed by atoms with Crippen LogP contribution in [0.2, 0.25) is 0 Å². The normalized spacial score (nSPS) is 11.0. The third kappa shape index (κ3) is 6.95. The van der Waals surface area contributed by atoms with Gasteiger partial charge in [-0.3, -0.25) is 13.9 Å². The molecule has 0 fully saturated rings. The van der Waals surface area contributed by atoms with Crippen molar-refractivity contribution in [2.75, 3.05) is 0 Å². The molecule has 0 saturated heterocycles. The fourth-order valence-corrected chi connectivity index (χ4v) is 1.92. The molecular weight excluding hydrogens is 320 g/mol. The van der Waals surface area contributed by atoms with Crippen molar-refractivity contribution < 1.29 is 30.7 Å². The van der Waals surface area contributed by atoms with Gasteiger partial charge in [0.2, 0.25) is 0 Å². The van der Waals surface area contributed by atoms with Crippen LogP contribution in [0.15, 0.2) is 47.9 Å². The zero-order valence-electron chi connectivity index (χ0n) is 11.1. The first-order valence-corrected chi connectivity index (χ1v) is 8.15. The van der Waals surface area contributed by atoms with E-state index in [9.17, 15) is 21.6 Å². The van der Waals surface area contributed by atoms with Crippen LogP contribution in [0.5, 0.6) is 0 Å². The standard InChI is InChI=1S/C8H8O3S.C4H6O4S/c1-2-7-3-5-8(6-4-7)12(9,10)11;1-3(2)4(5)9(6,7)8/h2-6H,1H2,(H,9,10,11);1H2,2H3,(H,6,7,8). The molecule has 21 heavy (non-hydrogen) atoms. The summed E-state index contributed by atoms with van der Waals surface area (Å²) in [6, 6.07) is 5.78. The summed E-state index contributed by atoms with van der Waals surface area (Å²) in [5.41, 5.74) is 0.611. The Balaban J connectivity index is 0.000000400. The summed E-state index contributed by atoms with van der Waals surface area (Å²) in [6.45, 7) is 7.75. The molecule has 7 nitrogen and oxygen atoms in total. The van der Waals surface area contributed by atoms with Crippen LogP contribution in [0.4, 0.5) is 0 Å². The monoisotopic (exact) mass is 334 g/mol. The van der Waals surface area contributed by atoms with Gasteiger partial charge in [0.05, 0.1) is 4.90 Å². The molecule has 116 valence electrons. The molecule has 1 aromatic carbocycles. The quantitative estimate of drug-likeness (QED) is 0.634. The van der Waals surface area contributed by atoms with Crippen LogP contribution in [0.3, 0.4) is 0 Å². The van der Waals surface area contributed by atoms with Crippen LogP contribution in [0.1, 0.15) is 12.5 Å². The molecule has 0 aliphatic rings. The van der Waals surface area contributed by atoms with Crippen LogP contribution >= 0.6 is 0 Å². The van der Waals surface area contributed by atoms with E-state index < -0.39 is 25.4 Å². The summed E-state index contributed by atoms with van der Waals surface area (Å²) in [7, 11) is -8.60. The lowest BCUT2D eigenvalue weighted by Crippen LogP contribution is -2.13. The Labute approximate surface area is 123 Å². The van der Waals surface area contributed by atoms with Crippen LogP contribution in [-0.2, 0) is 25.0 Å². The Morgan fingerprint density at radius 3 is 1.71 bits per heavy atom. The molecule has 0 bridgehead atoms. The fourth-order valence-electron chi connectivity index (χ4n) is 0.996. The molecule has 1 aromatic rings. The summed E-state index contributed by atoms with van der Waals surface area (Å²) in [6.07, 6.45) is 1.59. The molecular formula is C12H14O7S2. The van der Waals surface area contributed by atoms with Crippen molar-refractivity contribution >= 4 is 31.4 Å². The average Bonchev–Trinajstić information content (AvgIpc) is 2.36. The van der Waals surface area contributed by atoms with Crippen molar-refractivity contribution in [3.8, 4) is 0 Å². The molecule has 0 aromatic heterocycles. The van der Waals surface area contributed by atoms with E-state index in [4.69, 9.17) is 9.11 Å². The summed E-state index contributed by atoms with van der Waals surface area (Å²) in [4.78, 5) is 10.1. The zero-order valence-corrected chi connectivity index (χ0v) is 12.7. The smallest absolute Gasteiger partial charge is 0.282 e. The second-order valence-corrected chi connectivity index (χ2v) is 6.53. The maximum Gasteiger partial charge on any atom is 0.333 e. The van der Waals surface area contributed by atoms with Gasteiger partial charge in [-0.2, -0.15) is 16.8 Å². The molecule has 0 amide bonds. The number of carbonyl (C=O) groups excluding carboxylic acids is 1. The van der Waals surface area contributed by atoms with Crippen molar-refractivity contribution in [3.05, 3.63) is 48.6 Å². The molecule has 0 saturated carbocycles. The lowest BCUT2D eigenvalue weighted by atomic mass is 10.2. The molecule has 0 radical (unpaired) electrons. The molecule has 0 aliphatic carbocycles. The van der Waals surface area contributed by atoms with Crippen LogP contribution in [-0.4, -0.2) is 31.1 Å². The van der Waals surface area contributed by atoms with Gasteiger partial charge in [-0.05, 0) is 24.6 Å². The first kappa shape index (κ1) is 19.2. The van der Waals surface area contributed by atoms with Crippen molar-refractivity contribution in [3.63, 3.8) is 0 Å². The Morgan fingerprint density at radius 2 is 1.52 bits per heavy atom. The minimum atomic E-state index is -4.54. The van der Waals surface area contributed by atoms with Gasteiger partial charge in [0.15, 0.2) is 0 Å². The van der Waals surface area contributed by atoms with Crippen molar-refractivity contribution in [2.45, 2.75) is 11.8 Å². The van der Waals surface area contributed by atoms with Gasteiger partial charge in [-0.25, -0.2) is 0 Å².